The first-order valence-electron chi connectivity index (χ1n) is 4.09. The van der Waals surface area contributed by atoms with E-state index < -0.39 is 0 Å². The summed E-state index contributed by atoms with van der Waals surface area (Å²) in [5, 5.41) is 0. The second-order valence-electron chi connectivity index (χ2n) is 4.10. The average molecular weight is 168 g/mol. The highest BCUT2D eigenvalue weighted by Crippen LogP contribution is 2.33. The molecular weight excluding hydrogens is 152 g/mol. The molecule has 0 radical (unpaired) electrons. The lowest BCUT2D eigenvalue weighted by Crippen LogP contribution is -2.10. The van der Waals surface area contributed by atoms with Crippen LogP contribution in [0.5, 0.6) is 0 Å². The zero-order chi connectivity index (χ0) is 8.48. The van der Waals surface area contributed by atoms with Crippen LogP contribution in [-0.4, -0.2) is 0 Å². The fourth-order valence-corrected chi connectivity index (χ4v) is 1.44. The molecule has 1 aliphatic carbocycles. The lowest BCUT2D eigenvalue weighted by atomic mass is 9.82. The topological polar surface area (TPSA) is 0 Å². The highest BCUT2D eigenvalue weighted by Gasteiger charge is 2.17. The van der Waals surface area contributed by atoms with Gasteiger partial charge < -0.3 is 0 Å². The van der Waals surface area contributed by atoms with Crippen molar-refractivity contribution in [3.8, 4) is 0 Å². The van der Waals surface area contributed by atoms with Crippen LogP contribution < -0.4 is 0 Å². The first-order chi connectivity index (χ1) is 5.00. The summed E-state index contributed by atoms with van der Waals surface area (Å²) in [4.78, 5) is 1.21. The minimum absolute atomic E-state index is 0.338. The van der Waals surface area contributed by atoms with Crippen molar-refractivity contribution in [1.82, 2.24) is 0 Å². The van der Waals surface area contributed by atoms with Gasteiger partial charge in [0.15, 0.2) is 0 Å². The van der Waals surface area contributed by atoms with Crippen LogP contribution in [0.15, 0.2) is 22.6 Å². The van der Waals surface area contributed by atoms with Crippen molar-refractivity contribution >= 4 is 12.6 Å². The molecule has 1 heteroatoms. The molecule has 0 fully saturated rings. The summed E-state index contributed by atoms with van der Waals surface area (Å²) in [6, 6.07) is 0. The third kappa shape index (κ3) is 2.41. The first-order valence-corrected chi connectivity index (χ1v) is 4.54. The first kappa shape index (κ1) is 8.92. The Balaban J connectivity index is 2.77. The number of thiol groups is 1. The lowest BCUT2D eigenvalue weighted by molar-refractivity contribution is 0.481. The minimum atomic E-state index is 0.338. The van der Waals surface area contributed by atoms with Crippen LogP contribution in [0.25, 0.3) is 0 Å². The maximum Gasteiger partial charge on any atom is -0.0170 e. The van der Waals surface area contributed by atoms with Gasteiger partial charge in [0.25, 0.3) is 0 Å². The van der Waals surface area contributed by atoms with Crippen LogP contribution in [0, 0.1) is 5.41 Å². The van der Waals surface area contributed by atoms with E-state index in [2.05, 4.69) is 45.6 Å². The molecular formula is C10H16S. The Bertz CT molecular complexity index is 203. The second kappa shape index (κ2) is 3.06. The van der Waals surface area contributed by atoms with E-state index in [1.54, 1.807) is 0 Å². The molecule has 0 bridgehead atoms. The Hall–Kier alpha value is -0.170. The van der Waals surface area contributed by atoms with Crippen molar-refractivity contribution in [3.05, 3.63) is 22.6 Å². The predicted octanol–water partition coefficient (Wildman–Crippen LogP) is 3.57. The third-order valence-corrected chi connectivity index (χ3v) is 2.46. The van der Waals surface area contributed by atoms with E-state index in [1.807, 2.05) is 0 Å². The number of rotatable bonds is 0. The van der Waals surface area contributed by atoms with E-state index in [4.69, 9.17) is 0 Å². The minimum Gasteiger partial charge on any atom is -0.148 e. The molecule has 0 unspecified atom stereocenters. The highest BCUT2D eigenvalue weighted by atomic mass is 32.1. The van der Waals surface area contributed by atoms with Crippen LogP contribution in [0.4, 0.5) is 0 Å². The van der Waals surface area contributed by atoms with E-state index in [1.165, 1.54) is 16.9 Å². The molecule has 0 saturated carbocycles. The summed E-state index contributed by atoms with van der Waals surface area (Å²) in [6.07, 6.45) is 6.63. The van der Waals surface area contributed by atoms with E-state index in [-0.39, 0.29) is 0 Å². The fraction of sp³-hybridized carbons (Fsp3) is 0.600. The number of allylic oxidation sites excluding steroid dienone is 4. The van der Waals surface area contributed by atoms with E-state index in [0.717, 1.165) is 6.42 Å². The maximum atomic E-state index is 4.31. The largest absolute Gasteiger partial charge is 0.148 e. The van der Waals surface area contributed by atoms with Crippen LogP contribution in [0.2, 0.25) is 0 Å². The predicted molar refractivity (Wildman–Crippen MR) is 53.8 cm³/mol. The lowest BCUT2D eigenvalue weighted by Gasteiger charge is -2.24. The molecule has 0 spiro atoms. The molecule has 0 amide bonds. The Morgan fingerprint density at radius 3 is 2.18 bits per heavy atom. The van der Waals surface area contributed by atoms with E-state index in [0.29, 0.717) is 5.41 Å². The molecule has 62 valence electrons. The van der Waals surface area contributed by atoms with Crippen molar-refractivity contribution in [3.63, 3.8) is 0 Å². The van der Waals surface area contributed by atoms with Crippen molar-refractivity contribution < 1.29 is 0 Å². The summed E-state index contributed by atoms with van der Waals surface area (Å²) in [5.41, 5.74) is 1.88. The summed E-state index contributed by atoms with van der Waals surface area (Å²) in [6.45, 7) is 6.78. The number of hydrogen-bond acceptors (Lipinski definition) is 1. The molecule has 0 aromatic rings. The van der Waals surface area contributed by atoms with Gasteiger partial charge in [-0.05, 0) is 23.2 Å². The Kier molecular flexibility index (Phi) is 2.48. The third-order valence-electron chi connectivity index (χ3n) is 2.09. The van der Waals surface area contributed by atoms with Crippen molar-refractivity contribution in [2.45, 2.75) is 33.6 Å². The molecule has 0 nitrogen and oxygen atoms in total. The van der Waals surface area contributed by atoms with Gasteiger partial charge in [-0.3, -0.25) is 0 Å². The fourth-order valence-electron chi connectivity index (χ4n) is 1.25. The molecule has 0 aromatic heterocycles. The second-order valence-corrected chi connectivity index (χ2v) is 4.67. The summed E-state index contributed by atoms with van der Waals surface area (Å²) in [5.74, 6) is 0. The van der Waals surface area contributed by atoms with Crippen LogP contribution >= 0.6 is 12.6 Å². The molecule has 1 aliphatic rings. The Morgan fingerprint density at radius 1 is 1.18 bits per heavy atom. The van der Waals surface area contributed by atoms with Gasteiger partial charge in [-0.2, -0.15) is 0 Å². The standard InChI is InChI=1S/C10H16S/c1-10(2,3)8-4-6-9(11)7-5-8/h4,6,11H,5,7H2,1-3H3. The van der Waals surface area contributed by atoms with Gasteiger partial charge in [0.05, 0.1) is 0 Å². The van der Waals surface area contributed by atoms with Crippen LogP contribution in [-0.2, 0) is 0 Å². The van der Waals surface area contributed by atoms with Gasteiger partial charge >= 0.3 is 0 Å². The van der Waals surface area contributed by atoms with Crippen LogP contribution in [0.3, 0.4) is 0 Å². The van der Waals surface area contributed by atoms with Crippen molar-refractivity contribution in [1.29, 1.82) is 0 Å². The molecule has 0 saturated heterocycles. The normalized spacial score (nSPS) is 19.3. The summed E-state index contributed by atoms with van der Waals surface area (Å²) < 4.78 is 0. The molecule has 0 heterocycles. The highest BCUT2D eigenvalue weighted by molar-refractivity contribution is 7.84. The van der Waals surface area contributed by atoms with E-state index >= 15 is 0 Å². The summed E-state index contributed by atoms with van der Waals surface area (Å²) >= 11 is 4.31. The molecule has 1 rings (SSSR count). The SMILES string of the molecule is CC(C)(C)C1=CC=C(S)CC1. The van der Waals surface area contributed by atoms with E-state index in [9.17, 15) is 0 Å². The van der Waals surface area contributed by atoms with Gasteiger partial charge in [-0.1, -0.05) is 38.5 Å². The van der Waals surface area contributed by atoms with Crippen LogP contribution in [0.1, 0.15) is 33.6 Å². The Morgan fingerprint density at radius 2 is 1.82 bits per heavy atom. The smallest absolute Gasteiger partial charge is 0.0170 e. The average Bonchev–Trinajstić information content (AvgIpc) is 1.86. The molecule has 0 atom stereocenters. The molecule has 0 aromatic carbocycles. The van der Waals surface area contributed by atoms with Crippen molar-refractivity contribution in [2.75, 3.05) is 0 Å². The van der Waals surface area contributed by atoms with Crippen molar-refractivity contribution in [2.24, 2.45) is 5.41 Å². The van der Waals surface area contributed by atoms with Gasteiger partial charge in [0, 0.05) is 0 Å². The van der Waals surface area contributed by atoms with Gasteiger partial charge in [0.1, 0.15) is 0 Å². The zero-order valence-electron chi connectivity index (χ0n) is 7.52. The maximum absolute atomic E-state index is 4.31. The monoisotopic (exact) mass is 168 g/mol. The molecule has 0 N–H and O–H groups in total. The zero-order valence-corrected chi connectivity index (χ0v) is 8.41. The number of hydrogen-bond donors (Lipinski definition) is 1. The molecule has 0 aliphatic heterocycles. The van der Waals surface area contributed by atoms with Gasteiger partial charge in [-0.15, -0.1) is 12.6 Å². The Labute approximate surface area is 74.8 Å². The molecule has 11 heavy (non-hydrogen) atoms. The summed E-state index contributed by atoms with van der Waals surface area (Å²) in [7, 11) is 0. The van der Waals surface area contributed by atoms with Gasteiger partial charge in [0.2, 0.25) is 0 Å². The van der Waals surface area contributed by atoms with Gasteiger partial charge in [-0.25, -0.2) is 0 Å². The quantitative estimate of drug-likeness (QED) is 0.525.